The first kappa shape index (κ1) is 16.0. The maximum Gasteiger partial charge on any atom is 0.326 e. The van der Waals surface area contributed by atoms with Crippen LogP contribution in [0.25, 0.3) is 11.0 Å². The number of para-hydroxylation sites is 2. The minimum Gasteiger partial charge on any atom is -0.354 e. The zero-order valence-corrected chi connectivity index (χ0v) is 13.4. The lowest BCUT2D eigenvalue weighted by atomic mass is 10.1. The normalized spacial score (nSPS) is 10.8. The molecule has 24 heavy (non-hydrogen) atoms. The van der Waals surface area contributed by atoms with Crippen molar-refractivity contribution >= 4 is 16.9 Å². The van der Waals surface area contributed by atoms with Gasteiger partial charge in [0.05, 0.1) is 11.0 Å². The Morgan fingerprint density at radius 3 is 2.92 bits per heavy atom. The van der Waals surface area contributed by atoms with Gasteiger partial charge in [-0.2, -0.15) is 0 Å². The van der Waals surface area contributed by atoms with Gasteiger partial charge >= 0.3 is 5.69 Å². The third kappa shape index (κ3) is 3.90. The Hall–Kier alpha value is -2.89. The number of nitrogens with one attached hydrogen (secondary N) is 2. The van der Waals surface area contributed by atoms with E-state index in [4.69, 9.17) is 0 Å². The van der Waals surface area contributed by atoms with E-state index in [1.165, 1.54) is 0 Å². The molecule has 0 bridgehead atoms. The van der Waals surface area contributed by atoms with E-state index in [9.17, 15) is 9.59 Å². The molecule has 3 rings (SSSR count). The molecule has 0 unspecified atom stereocenters. The highest BCUT2D eigenvalue weighted by Gasteiger charge is 2.06. The summed E-state index contributed by atoms with van der Waals surface area (Å²) in [6.07, 6.45) is 5.65. The van der Waals surface area contributed by atoms with Crippen LogP contribution in [-0.2, 0) is 17.8 Å². The molecule has 0 fully saturated rings. The number of hydrogen-bond donors (Lipinski definition) is 2. The smallest absolute Gasteiger partial charge is 0.326 e. The van der Waals surface area contributed by atoms with Crippen LogP contribution in [0.2, 0.25) is 0 Å². The van der Waals surface area contributed by atoms with Crippen LogP contribution in [-0.4, -0.2) is 27.0 Å². The summed E-state index contributed by atoms with van der Waals surface area (Å²) >= 11 is 0. The van der Waals surface area contributed by atoms with E-state index in [0.717, 1.165) is 29.4 Å². The summed E-state index contributed by atoms with van der Waals surface area (Å²) < 4.78 is 1.64. The van der Waals surface area contributed by atoms with Gasteiger partial charge in [0, 0.05) is 31.9 Å². The number of H-pyrrole nitrogens is 1. The first-order valence-electron chi connectivity index (χ1n) is 8.07. The van der Waals surface area contributed by atoms with Crippen LogP contribution in [0.4, 0.5) is 0 Å². The van der Waals surface area contributed by atoms with Crippen molar-refractivity contribution in [2.24, 2.45) is 0 Å². The molecule has 0 aliphatic heterocycles. The Morgan fingerprint density at radius 2 is 2.08 bits per heavy atom. The number of aromatic nitrogens is 3. The molecule has 0 atom stereocenters. The molecular formula is C18H20N4O2. The Balaban J connectivity index is 1.45. The van der Waals surface area contributed by atoms with Crippen LogP contribution in [0.1, 0.15) is 18.4 Å². The number of pyridine rings is 1. The predicted octanol–water partition coefficient (Wildman–Crippen LogP) is 1.86. The second-order valence-electron chi connectivity index (χ2n) is 5.66. The molecule has 0 radical (unpaired) electrons. The molecule has 3 aromatic rings. The fourth-order valence-electron chi connectivity index (χ4n) is 2.72. The summed E-state index contributed by atoms with van der Waals surface area (Å²) in [5.41, 5.74) is 2.65. The van der Waals surface area contributed by atoms with E-state index in [1.807, 2.05) is 42.6 Å². The maximum atomic E-state index is 11.9. The average molecular weight is 324 g/mol. The molecule has 1 amide bonds. The van der Waals surface area contributed by atoms with Gasteiger partial charge in [0.1, 0.15) is 0 Å². The number of fused-ring (bicyclic) bond motifs is 1. The third-order valence-corrected chi connectivity index (χ3v) is 3.93. The third-order valence-electron chi connectivity index (χ3n) is 3.93. The SMILES string of the molecule is O=C(CCCc1cccnc1)NCCn1c(=O)[nH]c2ccccc21. The van der Waals surface area contributed by atoms with Gasteiger partial charge in [-0.25, -0.2) is 4.79 Å². The van der Waals surface area contributed by atoms with Crippen LogP contribution in [0.5, 0.6) is 0 Å². The fourth-order valence-corrected chi connectivity index (χ4v) is 2.72. The molecule has 1 aromatic carbocycles. The summed E-state index contributed by atoms with van der Waals surface area (Å²) in [6.45, 7) is 0.894. The van der Waals surface area contributed by atoms with Crippen molar-refractivity contribution in [1.82, 2.24) is 19.9 Å². The maximum absolute atomic E-state index is 11.9. The van der Waals surface area contributed by atoms with Crippen molar-refractivity contribution in [3.8, 4) is 0 Å². The van der Waals surface area contributed by atoms with Crippen LogP contribution in [0.15, 0.2) is 53.6 Å². The van der Waals surface area contributed by atoms with E-state index in [-0.39, 0.29) is 11.6 Å². The number of benzene rings is 1. The molecule has 2 heterocycles. The first-order valence-corrected chi connectivity index (χ1v) is 8.07. The van der Waals surface area contributed by atoms with Gasteiger partial charge in [0.25, 0.3) is 0 Å². The van der Waals surface area contributed by atoms with E-state index in [1.54, 1.807) is 10.8 Å². The quantitative estimate of drug-likeness (QED) is 0.696. The zero-order chi connectivity index (χ0) is 16.8. The molecular weight excluding hydrogens is 304 g/mol. The molecule has 0 aliphatic rings. The van der Waals surface area contributed by atoms with E-state index in [0.29, 0.717) is 19.5 Å². The van der Waals surface area contributed by atoms with Gasteiger partial charge in [-0.15, -0.1) is 0 Å². The van der Waals surface area contributed by atoms with Crippen molar-refractivity contribution in [3.63, 3.8) is 0 Å². The molecule has 6 nitrogen and oxygen atoms in total. The lowest BCUT2D eigenvalue weighted by Gasteiger charge is -2.06. The molecule has 124 valence electrons. The van der Waals surface area contributed by atoms with Crippen molar-refractivity contribution in [2.75, 3.05) is 6.54 Å². The van der Waals surface area contributed by atoms with Crippen molar-refractivity contribution in [3.05, 3.63) is 64.8 Å². The van der Waals surface area contributed by atoms with Gasteiger partial charge < -0.3 is 10.3 Å². The van der Waals surface area contributed by atoms with Crippen molar-refractivity contribution < 1.29 is 4.79 Å². The number of carbonyl (C=O) groups is 1. The monoisotopic (exact) mass is 324 g/mol. The van der Waals surface area contributed by atoms with Gasteiger partial charge in [-0.05, 0) is 36.6 Å². The second kappa shape index (κ2) is 7.59. The standard InChI is InChI=1S/C18H20N4O2/c23-17(9-3-5-14-6-4-10-19-13-14)20-11-12-22-16-8-2-1-7-15(16)21-18(22)24/h1-2,4,6-8,10,13H,3,5,9,11-12H2,(H,20,23)(H,21,24). The summed E-state index contributed by atoms with van der Waals surface area (Å²) in [7, 11) is 0. The molecule has 0 aliphatic carbocycles. The molecule has 2 N–H and O–H groups in total. The summed E-state index contributed by atoms with van der Waals surface area (Å²) in [5, 5.41) is 2.87. The lowest BCUT2D eigenvalue weighted by Crippen LogP contribution is -2.29. The number of aromatic amines is 1. The molecule has 6 heteroatoms. The highest BCUT2D eigenvalue weighted by atomic mass is 16.2. The predicted molar refractivity (Wildman–Crippen MR) is 92.7 cm³/mol. The molecule has 0 spiro atoms. The van der Waals surface area contributed by atoms with Crippen LogP contribution >= 0.6 is 0 Å². The Labute approximate surface area is 139 Å². The highest BCUT2D eigenvalue weighted by molar-refractivity contribution is 5.76. The number of rotatable bonds is 7. The summed E-state index contributed by atoms with van der Waals surface area (Å²) in [5.74, 6) is 0.00628. The Morgan fingerprint density at radius 1 is 1.21 bits per heavy atom. The topological polar surface area (TPSA) is 79.8 Å². The van der Waals surface area contributed by atoms with Crippen molar-refractivity contribution in [1.29, 1.82) is 0 Å². The van der Waals surface area contributed by atoms with E-state index in [2.05, 4.69) is 15.3 Å². The Kier molecular flexibility index (Phi) is 5.05. The Bertz CT molecular complexity index is 867. The van der Waals surface area contributed by atoms with E-state index < -0.39 is 0 Å². The number of imidazole rings is 1. The summed E-state index contributed by atoms with van der Waals surface area (Å²) in [4.78, 5) is 30.7. The summed E-state index contributed by atoms with van der Waals surface area (Å²) in [6, 6.07) is 11.4. The fraction of sp³-hybridized carbons (Fsp3) is 0.278. The molecule has 0 saturated heterocycles. The first-order chi connectivity index (χ1) is 11.7. The largest absolute Gasteiger partial charge is 0.354 e. The van der Waals surface area contributed by atoms with Crippen molar-refractivity contribution in [2.45, 2.75) is 25.8 Å². The number of amides is 1. The number of hydrogen-bond acceptors (Lipinski definition) is 3. The zero-order valence-electron chi connectivity index (χ0n) is 13.4. The van der Waals surface area contributed by atoms with Gasteiger partial charge in [-0.3, -0.25) is 14.3 Å². The lowest BCUT2D eigenvalue weighted by molar-refractivity contribution is -0.121. The minimum atomic E-state index is -0.151. The van der Waals surface area contributed by atoms with Crippen LogP contribution in [0, 0.1) is 0 Å². The molecule has 0 saturated carbocycles. The minimum absolute atomic E-state index is 0.00628. The highest BCUT2D eigenvalue weighted by Crippen LogP contribution is 2.08. The molecule has 2 aromatic heterocycles. The van der Waals surface area contributed by atoms with Gasteiger partial charge in [0.15, 0.2) is 0 Å². The number of nitrogens with zero attached hydrogens (tertiary/aromatic N) is 2. The number of carbonyl (C=O) groups excluding carboxylic acids is 1. The number of aryl methyl sites for hydroxylation is 1. The second-order valence-corrected chi connectivity index (χ2v) is 5.66. The van der Waals surface area contributed by atoms with E-state index >= 15 is 0 Å². The average Bonchev–Trinajstić information content (AvgIpc) is 2.92. The van der Waals surface area contributed by atoms with Crippen LogP contribution < -0.4 is 11.0 Å². The van der Waals surface area contributed by atoms with Gasteiger partial charge in [-0.1, -0.05) is 18.2 Å². The van der Waals surface area contributed by atoms with Gasteiger partial charge in [0.2, 0.25) is 5.91 Å². The van der Waals surface area contributed by atoms with Crippen LogP contribution in [0.3, 0.4) is 0 Å².